The minimum atomic E-state index is -0.382. The van der Waals surface area contributed by atoms with Gasteiger partial charge in [-0.2, -0.15) is 0 Å². The Labute approximate surface area is 217 Å². The van der Waals surface area contributed by atoms with Crippen LogP contribution >= 0.6 is 11.3 Å². The summed E-state index contributed by atoms with van der Waals surface area (Å²) in [4.78, 5) is 19.1. The average molecular weight is 517 g/mol. The maximum atomic E-state index is 12.4. The van der Waals surface area contributed by atoms with Crippen molar-refractivity contribution in [2.75, 3.05) is 17.2 Å². The molecule has 0 radical (unpaired) electrons. The molecule has 1 aliphatic carbocycles. The molecule has 2 amide bonds. The van der Waals surface area contributed by atoms with E-state index in [2.05, 4.69) is 37.4 Å². The van der Waals surface area contributed by atoms with Gasteiger partial charge in [0.25, 0.3) is 0 Å². The highest BCUT2D eigenvalue weighted by Gasteiger charge is 2.39. The molecular weight excluding hydrogens is 488 g/mol. The zero-order valence-corrected chi connectivity index (χ0v) is 21.7. The summed E-state index contributed by atoms with van der Waals surface area (Å²) in [5.74, 6) is 1.69. The molecule has 9 nitrogen and oxygen atoms in total. The third-order valence-corrected chi connectivity index (χ3v) is 7.44. The molecule has 1 saturated carbocycles. The predicted octanol–water partition coefficient (Wildman–Crippen LogP) is 6.02. The second-order valence-electron chi connectivity index (χ2n) is 10.6. The second kappa shape index (κ2) is 8.60. The second-order valence-corrected chi connectivity index (χ2v) is 11.7. The number of nitrogens with zero attached hydrogens (tertiary/aromatic N) is 3. The lowest BCUT2D eigenvalue weighted by Crippen LogP contribution is -2.29. The van der Waals surface area contributed by atoms with E-state index in [1.165, 1.54) is 0 Å². The molecule has 0 bridgehead atoms. The van der Waals surface area contributed by atoms with Gasteiger partial charge in [0.2, 0.25) is 5.88 Å². The molecule has 4 aromatic heterocycles. The van der Waals surface area contributed by atoms with E-state index in [0.29, 0.717) is 29.8 Å². The molecule has 4 heterocycles. The van der Waals surface area contributed by atoms with Crippen LogP contribution in [0, 0.1) is 0 Å². The van der Waals surface area contributed by atoms with Gasteiger partial charge in [-0.25, -0.2) is 9.78 Å². The fourth-order valence-electron chi connectivity index (χ4n) is 3.96. The summed E-state index contributed by atoms with van der Waals surface area (Å²) in [6, 6.07) is 15.1. The Hall–Kier alpha value is -3.89. The molecule has 0 aliphatic heterocycles. The molecule has 1 aromatic carbocycles. The molecule has 10 heteroatoms. The van der Waals surface area contributed by atoms with Crippen molar-refractivity contribution >= 4 is 44.1 Å². The lowest BCUT2D eigenvalue weighted by atomic mass is 9.93. The first-order valence-corrected chi connectivity index (χ1v) is 13.0. The number of anilines is 2. The number of aromatic nitrogens is 3. The summed E-state index contributed by atoms with van der Waals surface area (Å²) in [7, 11) is 0. The van der Waals surface area contributed by atoms with Crippen LogP contribution in [0.25, 0.3) is 26.3 Å². The molecule has 0 saturated heterocycles. The molecular formula is C27H28N6O3S. The van der Waals surface area contributed by atoms with E-state index in [-0.39, 0.29) is 17.0 Å². The van der Waals surface area contributed by atoms with Crippen LogP contribution < -0.4 is 21.1 Å². The number of hydrogen-bond acceptors (Lipinski definition) is 7. The standard InChI is InChI=1S/C27H28N6O3S/c1-26(2,3)20-13-21(32-36-20)30-25(34)29-18-6-4-16(5-7-18)17-12-23-33(14-17)19-8-9-22(31-24(19)37-23)35-15-27(28)10-11-27/h4-9,12-14H,10-11,15,28H2,1-3H3,(H2,29,30,32,34). The van der Waals surface area contributed by atoms with Crippen molar-refractivity contribution in [1.29, 1.82) is 0 Å². The van der Waals surface area contributed by atoms with Crippen LogP contribution in [-0.4, -0.2) is 32.7 Å². The number of urea groups is 1. The number of thiazole rings is 1. The van der Waals surface area contributed by atoms with Crippen molar-refractivity contribution < 1.29 is 14.1 Å². The number of nitrogens with one attached hydrogen (secondary N) is 2. The van der Waals surface area contributed by atoms with E-state index < -0.39 is 0 Å². The Balaban J connectivity index is 1.13. The molecule has 1 fully saturated rings. The van der Waals surface area contributed by atoms with Crippen LogP contribution in [0.4, 0.5) is 16.3 Å². The normalized spacial score (nSPS) is 14.7. The van der Waals surface area contributed by atoms with Crippen LogP contribution in [0.5, 0.6) is 5.88 Å². The number of pyridine rings is 1. The van der Waals surface area contributed by atoms with Crippen molar-refractivity contribution in [3.8, 4) is 17.0 Å². The highest BCUT2D eigenvalue weighted by molar-refractivity contribution is 7.23. The number of ether oxygens (including phenoxy) is 1. The fraction of sp³-hybridized carbons (Fsp3) is 0.296. The van der Waals surface area contributed by atoms with Crippen molar-refractivity contribution in [2.24, 2.45) is 5.73 Å². The van der Waals surface area contributed by atoms with E-state index >= 15 is 0 Å². The number of nitrogens with two attached hydrogens (primary N) is 1. The number of fused-ring (bicyclic) bond motifs is 3. The van der Waals surface area contributed by atoms with Gasteiger partial charge in [-0.1, -0.05) is 49.4 Å². The van der Waals surface area contributed by atoms with Gasteiger partial charge in [0.1, 0.15) is 22.0 Å². The Morgan fingerprint density at radius 3 is 2.62 bits per heavy atom. The van der Waals surface area contributed by atoms with Crippen molar-refractivity contribution in [3.05, 3.63) is 60.5 Å². The minimum absolute atomic E-state index is 0.171. The summed E-state index contributed by atoms with van der Waals surface area (Å²) in [5, 5.41) is 9.45. The van der Waals surface area contributed by atoms with Gasteiger partial charge >= 0.3 is 6.03 Å². The van der Waals surface area contributed by atoms with E-state index in [1.807, 2.05) is 57.2 Å². The highest BCUT2D eigenvalue weighted by atomic mass is 32.1. The molecule has 0 unspecified atom stereocenters. The molecule has 1 aliphatic rings. The predicted molar refractivity (Wildman–Crippen MR) is 146 cm³/mol. The Bertz CT molecular complexity index is 1600. The average Bonchev–Trinajstić information content (AvgIpc) is 3.19. The molecule has 0 atom stereocenters. The third-order valence-electron chi connectivity index (χ3n) is 6.43. The highest BCUT2D eigenvalue weighted by Crippen LogP contribution is 2.35. The SMILES string of the molecule is CC(C)(C)c1cc(NC(=O)Nc2ccc(-c3cc4sc5nc(OCC6(N)CC6)ccc5n4c3)cc2)no1. The van der Waals surface area contributed by atoms with E-state index in [0.717, 1.165) is 39.1 Å². The number of carbonyl (C=O) groups is 1. The number of carbonyl (C=O) groups excluding carboxylic acids is 1. The molecule has 5 aromatic rings. The van der Waals surface area contributed by atoms with Crippen LogP contribution in [0.3, 0.4) is 0 Å². The van der Waals surface area contributed by atoms with E-state index in [4.69, 9.17) is 15.0 Å². The molecule has 6 rings (SSSR count). The van der Waals surface area contributed by atoms with Crippen LogP contribution in [0.2, 0.25) is 0 Å². The van der Waals surface area contributed by atoms with Gasteiger partial charge in [-0.15, -0.1) is 0 Å². The topological polar surface area (TPSA) is 120 Å². The number of rotatable bonds is 6. The van der Waals surface area contributed by atoms with Crippen molar-refractivity contribution in [2.45, 2.75) is 44.6 Å². The minimum Gasteiger partial charge on any atom is -0.476 e. The van der Waals surface area contributed by atoms with E-state index in [9.17, 15) is 4.79 Å². The molecule has 4 N–H and O–H groups in total. The lowest BCUT2D eigenvalue weighted by Gasteiger charge is -2.12. The molecule has 0 spiro atoms. The maximum absolute atomic E-state index is 12.4. The smallest absolute Gasteiger partial charge is 0.324 e. The first kappa shape index (κ1) is 23.5. The Morgan fingerprint density at radius 2 is 1.92 bits per heavy atom. The van der Waals surface area contributed by atoms with Crippen LogP contribution in [-0.2, 0) is 5.41 Å². The van der Waals surface area contributed by atoms with Crippen LogP contribution in [0.15, 0.2) is 59.3 Å². The van der Waals surface area contributed by atoms with Gasteiger partial charge in [0, 0.05) is 35.0 Å². The number of amides is 2. The first-order chi connectivity index (χ1) is 17.6. The lowest BCUT2D eigenvalue weighted by molar-refractivity contribution is 0.262. The first-order valence-electron chi connectivity index (χ1n) is 12.1. The summed E-state index contributed by atoms with van der Waals surface area (Å²) in [6.07, 6.45) is 4.11. The Morgan fingerprint density at radius 1 is 1.14 bits per heavy atom. The van der Waals surface area contributed by atoms with Gasteiger partial charge < -0.3 is 24.7 Å². The Kier molecular flexibility index (Phi) is 5.46. The summed E-state index contributed by atoms with van der Waals surface area (Å²) in [5.41, 5.74) is 9.60. The van der Waals surface area contributed by atoms with Gasteiger partial charge in [-0.3, -0.25) is 5.32 Å². The maximum Gasteiger partial charge on any atom is 0.324 e. The van der Waals surface area contributed by atoms with Crippen LogP contribution in [0.1, 0.15) is 39.4 Å². The van der Waals surface area contributed by atoms with Gasteiger partial charge in [-0.05, 0) is 42.7 Å². The monoisotopic (exact) mass is 516 g/mol. The van der Waals surface area contributed by atoms with Crippen molar-refractivity contribution in [1.82, 2.24) is 14.5 Å². The quantitative estimate of drug-likeness (QED) is 0.254. The summed E-state index contributed by atoms with van der Waals surface area (Å²) >= 11 is 1.62. The largest absolute Gasteiger partial charge is 0.476 e. The fourth-order valence-corrected chi connectivity index (χ4v) is 5.00. The number of benzene rings is 1. The van der Waals surface area contributed by atoms with Crippen molar-refractivity contribution in [3.63, 3.8) is 0 Å². The zero-order valence-electron chi connectivity index (χ0n) is 20.9. The van der Waals surface area contributed by atoms with E-state index in [1.54, 1.807) is 17.4 Å². The zero-order chi connectivity index (χ0) is 25.8. The van der Waals surface area contributed by atoms with Gasteiger partial charge in [0.05, 0.1) is 11.1 Å². The number of hydrogen-bond donors (Lipinski definition) is 3. The summed E-state index contributed by atoms with van der Waals surface area (Å²) in [6.45, 7) is 6.56. The third kappa shape index (κ3) is 4.90. The summed E-state index contributed by atoms with van der Waals surface area (Å²) < 4.78 is 13.3. The van der Waals surface area contributed by atoms with Gasteiger partial charge in [0.15, 0.2) is 5.82 Å². The molecule has 190 valence electrons. The molecule has 37 heavy (non-hydrogen) atoms.